The SMILES string of the molecule is C[C@H](NC(=O)[C@H](Cc1ccccc1)NC(=O)c1ccc(N2CCOCC2)nc1)C(=O)O. The molecular weight excluding hydrogens is 400 g/mol. The van der Waals surface area contributed by atoms with E-state index in [2.05, 4.69) is 20.5 Å². The molecule has 31 heavy (non-hydrogen) atoms. The van der Waals surface area contributed by atoms with Crippen molar-refractivity contribution in [3.8, 4) is 0 Å². The molecule has 1 aliphatic heterocycles. The number of ether oxygens (including phenoxy) is 1. The van der Waals surface area contributed by atoms with Gasteiger partial charge in [0.15, 0.2) is 0 Å². The molecule has 9 heteroatoms. The molecule has 0 radical (unpaired) electrons. The summed E-state index contributed by atoms with van der Waals surface area (Å²) >= 11 is 0. The van der Waals surface area contributed by atoms with Crippen molar-refractivity contribution in [1.29, 1.82) is 0 Å². The highest BCUT2D eigenvalue weighted by Crippen LogP contribution is 2.13. The fraction of sp³-hybridized carbons (Fsp3) is 0.364. The number of carbonyl (C=O) groups is 3. The van der Waals surface area contributed by atoms with Gasteiger partial charge in [-0.05, 0) is 24.6 Å². The van der Waals surface area contributed by atoms with Gasteiger partial charge < -0.3 is 25.4 Å². The van der Waals surface area contributed by atoms with Crippen molar-refractivity contribution in [1.82, 2.24) is 15.6 Å². The van der Waals surface area contributed by atoms with Gasteiger partial charge in [-0.2, -0.15) is 0 Å². The zero-order valence-corrected chi connectivity index (χ0v) is 17.3. The van der Waals surface area contributed by atoms with Crippen LogP contribution in [-0.2, 0) is 20.7 Å². The Morgan fingerprint density at radius 2 is 1.81 bits per heavy atom. The van der Waals surface area contributed by atoms with Crippen molar-refractivity contribution >= 4 is 23.6 Å². The van der Waals surface area contributed by atoms with E-state index < -0.39 is 29.9 Å². The second kappa shape index (κ2) is 10.5. The molecule has 0 unspecified atom stereocenters. The third-order valence-electron chi connectivity index (χ3n) is 4.98. The number of nitrogens with one attached hydrogen (secondary N) is 2. The van der Waals surface area contributed by atoms with Gasteiger partial charge in [0.25, 0.3) is 5.91 Å². The number of rotatable bonds is 8. The van der Waals surface area contributed by atoms with E-state index >= 15 is 0 Å². The van der Waals surface area contributed by atoms with E-state index in [1.54, 1.807) is 12.1 Å². The lowest BCUT2D eigenvalue weighted by atomic mass is 10.0. The second-order valence-electron chi connectivity index (χ2n) is 7.29. The topological polar surface area (TPSA) is 121 Å². The number of nitrogens with zero attached hydrogens (tertiary/aromatic N) is 2. The highest BCUT2D eigenvalue weighted by atomic mass is 16.5. The zero-order chi connectivity index (χ0) is 22.2. The molecule has 2 heterocycles. The van der Waals surface area contributed by atoms with Gasteiger partial charge in [0.1, 0.15) is 17.9 Å². The first-order valence-electron chi connectivity index (χ1n) is 10.1. The summed E-state index contributed by atoms with van der Waals surface area (Å²) in [6, 6.07) is 10.6. The van der Waals surface area contributed by atoms with Gasteiger partial charge in [0.2, 0.25) is 5.91 Å². The molecule has 3 rings (SSSR count). The normalized spacial score (nSPS) is 15.6. The van der Waals surface area contributed by atoms with E-state index in [9.17, 15) is 14.4 Å². The van der Waals surface area contributed by atoms with E-state index in [-0.39, 0.29) is 6.42 Å². The lowest BCUT2D eigenvalue weighted by Crippen LogP contribution is -2.51. The van der Waals surface area contributed by atoms with Crippen molar-refractivity contribution in [2.45, 2.75) is 25.4 Å². The minimum Gasteiger partial charge on any atom is -0.480 e. The third-order valence-corrected chi connectivity index (χ3v) is 4.98. The number of morpholine rings is 1. The fourth-order valence-corrected chi connectivity index (χ4v) is 3.18. The molecule has 1 aliphatic rings. The molecule has 2 atom stereocenters. The molecule has 2 amide bonds. The number of aliphatic carboxylic acids is 1. The predicted molar refractivity (Wildman–Crippen MR) is 114 cm³/mol. The highest BCUT2D eigenvalue weighted by Gasteiger charge is 2.25. The molecule has 9 nitrogen and oxygen atoms in total. The Morgan fingerprint density at radius 1 is 1.10 bits per heavy atom. The monoisotopic (exact) mass is 426 g/mol. The average Bonchev–Trinajstić information content (AvgIpc) is 2.79. The quantitative estimate of drug-likeness (QED) is 0.572. The molecule has 164 valence electrons. The van der Waals surface area contributed by atoms with Gasteiger partial charge in [-0.3, -0.25) is 14.4 Å². The minimum absolute atomic E-state index is 0.226. The van der Waals surface area contributed by atoms with Crippen LogP contribution < -0.4 is 15.5 Å². The summed E-state index contributed by atoms with van der Waals surface area (Å²) in [6.07, 6.45) is 1.70. The van der Waals surface area contributed by atoms with E-state index in [0.717, 1.165) is 24.5 Å². The minimum atomic E-state index is -1.15. The number of aromatic nitrogens is 1. The number of pyridine rings is 1. The van der Waals surface area contributed by atoms with Crippen LogP contribution in [0.25, 0.3) is 0 Å². The second-order valence-corrected chi connectivity index (χ2v) is 7.29. The number of carbonyl (C=O) groups excluding carboxylic acids is 2. The van der Waals surface area contributed by atoms with Crippen LogP contribution in [0.3, 0.4) is 0 Å². The van der Waals surface area contributed by atoms with Crippen LogP contribution in [-0.4, -0.2) is 66.3 Å². The van der Waals surface area contributed by atoms with Gasteiger partial charge >= 0.3 is 5.97 Å². The van der Waals surface area contributed by atoms with E-state index in [0.29, 0.717) is 18.8 Å². The van der Waals surface area contributed by atoms with Gasteiger partial charge in [0, 0.05) is 25.7 Å². The molecule has 0 aliphatic carbocycles. The molecule has 0 spiro atoms. The van der Waals surface area contributed by atoms with Crippen LogP contribution in [0.5, 0.6) is 0 Å². The molecule has 2 aromatic rings. The Bertz CT molecular complexity index is 898. The van der Waals surface area contributed by atoms with Crippen LogP contribution in [0.2, 0.25) is 0 Å². The van der Waals surface area contributed by atoms with Gasteiger partial charge in [-0.25, -0.2) is 4.98 Å². The van der Waals surface area contributed by atoms with Gasteiger partial charge in [0.05, 0.1) is 18.8 Å². The average molecular weight is 426 g/mol. The van der Waals surface area contributed by atoms with Crippen LogP contribution in [0.1, 0.15) is 22.8 Å². The van der Waals surface area contributed by atoms with Crippen molar-refractivity contribution < 1.29 is 24.2 Å². The van der Waals surface area contributed by atoms with Crippen LogP contribution in [0.15, 0.2) is 48.7 Å². The Kier molecular flexibility index (Phi) is 7.55. The largest absolute Gasteiger partial charge is 0.480 e. The Morgan fingerprint density at radius 3 is 2.42 bits per heavy atom. The number of anilines is 1. The van der Waals surface area contributed by atoms with Crippen molar-refractivity contribution in [2.75, 3.05) is 31.2 Å². The standard InChI is InChI=1S/C22H26N4O5/c1-15(22(29)30)24-21(28)18(13-16-5-3-2-4-6-16)25-20(27)17-7-8-19(23-14-17)26-9-11-31-12-10-26/h2-8,14-15,18H,9-13H2,1H3,(H,24,28)(H,25,27)(H,29,30)/t15-,18-/m0/s1. The smallest absolute Gasteiger partial charge is 0.325 e. The number of amides is 2. The van der Waals surface area contributed by atoms with Crippen molar-refractivity contribution in [3.63, 3.8) is 0 Å². The molecule has 0 saturated carbocycles. The maximum atomic E-state index is 12.8. The van der Waals surface area contributed by atoms with Crippen molar-refractivity contribution in [2.24, 2.45) is 0 Å². The summed E-state index contributed by atoms with van der Waals surface area (Å²) < 4.78 is 5.33. The lowest BCUT2D eigenvalue weighted by Gasteiger charge is -2.27. The summed E-state index contributed by atoms with van der Waals surface area (Å²) in [5.74, 6) is -1.42. The third kappa shape index (κ3) is 6.26. The van der Waals surface area contributed by atoms with Gasteiger partial charge in [-0.1, -0.05) is 30.3 Å². The molecular formula is C22H26N4O5. The van der Waals surface area contributed by atoms with Crippen molar-refractivity contribution in [3.05, 3.63) is 59.8 Å². The summed E-state index contributed by atoms with van der Waals surface area (Å²) in [7, 11) is 0. The number of benzene rings is 1. The zero-order valence-electron chi connectivity index (χ0n) is 17.3. The maximum Gasteiger partial charge on any atom is 0.325 e. The first-order valence-corrected chi connectivity index (χ1v) is 10.1. The molecule has 3 N–H and O–H groups in total. The summed E-state index contributed by atoms with van der Waals surface area (Å²) in [5.41, 5.74) is 1.15. The van der Waals surface area contributed by atoms with E-state index in [4.69, 9.17) is 9.84 Å². The van der Waals surface area contributed by atoms with Crippen LogP contribution in [0, 0.1) is 0 Å². The molecule has 0 bridgehead atoms. The summed E-state index contributed by atoms with van der Waals surface area (Å²) in [5, 5.41) is 14.2. The first kappa shape index (κ1) is 22.2. The molecule has 1 fully saturated rings. The Balaban J connectivity index is 1.70. The number of hydrogen-bond donors (Lipinski definition) is 3. The fourth-order valence-electron chi connectivity index (χ4n) is 3.18. The van der Waals surface area contributed by atoms with E-state index in [1.165, 1.54) is 13.1 Å². The van der Waals surface area contributed by atoms with Crippen LogP contribution in [0.4, 0.5) is 5.82 Å². The van der Waals surface area contributed by atoms with Crippen LogP contribution >= 0.6 is 0 Å². The predicted octanol–water partition coefficient (Wildman–Crippen LogP) is 0.849. The first-order chi connectivity index (χ1) is 14.9. The molecule has 1 saturated heterocycles. The highest BCUT2D eigenvalue weighted by molar-refractivity contribution is 5.98. The molecule has 1 aromatic heterocycles. The maximum absolute atomic E-state index is 12.8. The van der Waals surface area contributed by atoms with E-state index in [1.807, 2.05) is 30.3 Å². The number of carboxylic acids is 1. The number of carboxylic acid groups (broad SMARTS) is 1. The number of hydrogen-bond acceptors (Lipinski definition) is 6. The lowest BCUT2D eigenvalue weighted by molar-refractivity contribution is -0.141. The summed E-state index contributed by atoms with van der Waals surface area (Å²) in [6.45, 7) is 4.11. The Labute approximate surface area is 180 Å². The van der Waals surface area contributed by atoms with Gasteiger partial charge in [-0.15, -0.1) is 0 Å². The summed E-state index contributed by atoms with van der Waals surface area (Å²) in [4.78, 5) is 43.0. The molecule has 1 aromatic carbocycles. The Hall–Kier alpha value is -3.46.